The molecule has 4 heterocycles. The van der Waals surface area contributed by atoms with Gasteiger partial charge >= 0.3 is 0 Å². The van der Waals surface area contributed by atoms with Gasteiger partial charge in [0.2, 0.25) is 5.91 Å². The zero-order valence-electron chi connectivity index (χ0n) is 13.6. The second-order valence-electron chi connectivity index (χ2n) is 6.11. The number of nitrogens with one attached hydrogen (secondary N) is 1. The Morgan fingerprint density at radius 3 is 2.96 bits per heavy atom. The van der Waals surface area contributed by atoms with Gasteiger partial charge in [-0.2, -0.15) is 14.3 Å². The van der Waals surface area contributed by atoms with Crippen LogP contribution in [-0.2, 0) is 4.79 Å². The molecule has 24 heavy (non-hydrogen) atoms. The molecule has 4 rings (SSSR count). The zero-order valence-corrected chi connectivity index (χ0v) is 14.4. The first kappa shape index (κ1) is 15.1. The van der Waals surface area contributed by atoms with Crippen LogP contribution in [0.1, 0.15) is 30.4 Å². The minimum atomic E-state index is -0.0177. The molecule has 1 atom stereocenters. The Hall–Kier alpha value is -2.42. The SMILES string of the molecule is Cc1nn(-c2ccc3nncn3n2)c2c1C(C(C)C)SCC(=O)N2. The largest absolute Gasteiger partial charge is 0.310 e. The van der Waals surface area contributed by atoms with Crippen molar-refractivity contribution in [2.75, 3.05) is 11.1 Å². The smallest absolute Gasteiger partial charge is 0.235 e. The van der Waals surface area contributed by atoms with Gasteiger partial charge in [0, 0.05) is 10.8 Å². The molecule has 0 fully saturated rings. The average Bonchev–Trinajstić information content (AvgIpc) is 3.07. The van der Waals surface area contributed by atoms with Gasteiger partial charge in [-0.15, -0.1) is 27.1 Å². The summed E-state index contributed by atoms with van der Waals surface area (Å²) in [5, 5.41) is 20.1. The topological polar surface area (TPSA) is 90.0 Å². The summed E-state index contributed by atoms with van der Waals surface area (Å²) in [4.78, 5) is 12.2. The maximum absolute atomic E-state index is 12.2. The molecular weight excluding hydrogens is 326 g/mol. The highest BCUT2D eigenvalue weighted by molar-refractivity contribution is 8.00. The molecule has 1 unspecified atom stereocenters. The molecule has 3 aromatic heterocycles. The second kappa shape index (κ2) is 5.59. The van der Waals surface area contributed by atoms with Crippen LogP contribution in [0.25, 0.3) is 11.5 Å². The van der Waals surface area contributed by atoms with Crippen molar-refractivity contribution in [1.29, 1.82) is 0 Å². The number of aryl methyl sites for hydroxylation is 1. The number of amides is 1. The van der Waals surface area contributed by atoms with E-state index >= 15 is 0 Å². The number of hydrogen-bond donors (Lipinski definition) is 1. The van der Waals surface area contributed by atoms with Crippen molar-refractivity contribution in [1.82, 2.24) is 29.6 Å². The minimum Gasteiger partial charge on any atom is -0.310 e. The predicted molar refractivity (Wildman–Crippen MR) is 91.3 cm³/mol. The molecule has 0 saturated heterocycles. The molecular formula is C15H17N7OS. The Kier molecular flexibility index (Phi) is 3.52. The number of anilines is 1. The quantitative estimate of drug-likeness (QED) is 0.765. The van der Waals surface area contributed by atoms with Crippen LogP contribution in [-0.4, -0.2) is 41.3 Å². The van der Waals surface area contributed by atoms with E-state index in [1.165, 1.54) is 0 Å². The number of thioether (sulfide) groups is 1. The molecule has 1 aliphatic rings. The fourth-order valence-corrected chi connectivity index (χ4v) is 4.18. The lowest BCUT2D eigenvalue weighted by molar-refractivity contribution is -0.113. The van der Waals surface area contributed by atoms with Crippen molar-refractivity contribution in [3.63, 3.8) is 0 Å². The van der Waals surface area contributed by atoms with Gasteiger partial charge in [-0.25, -0.2) is 0 Å². The number of hydrogen-bond acceptors (Lipinski definition) is 6. The van der Waals surface area contributed by atoms with E-state index in [2.05, 4.69) is 39.6 Å². The normalized spacial score (nSPS) is 17.8. The van der Waals surface area contributed by atoms with Crippen molar-refractivity contribution in [2.45, 2.75) is 26.0 Å². The number of nitrogens with zero attached hydrogens (tertiary/aromatic N) is 6. The van der Waals surface area contributed by atoms with Crippen LogP contribution < -0.4 is 5.32 Å². The number of aromatic nitrogens is 6. The van der Waals surface area contributed by atoms with E-state index in [1.54, 1.807) is 27.3 Å². The summed E-state index contributed by atoms with van der Waals surface area (Å²) in [7, 11) is 0. The first-order valence-electron chi connectivity index (χ1n) is 7.73. The van der Waals surface area contributed by atoms with Gasteiger partial charge in [0.1, 0.15) is 12.1 Å². The molecule has 1 aliphatic heterocycles. The van der Waals surface area contributed by atoms with Crippen LogP contribution in [0.15, 0.2) is 18.5 Å². The molecule has 1 N–H and O–H groups in total. The van der Waals surface area contributed by atoms with E-state index in [0.29, 0.717) is 29.0 Å². The fourth-order valence-electron chi connectivity index (χ4n) is 2.94. The van der Waals surface area contributed by atoms with Crippen molar-refractivity contribution in [3.05, 3.63) is 29.7 Å². The zero-order chi connectivity index (χ0) is 16.8. The second-order valence-corrected chi connectivity index (χ2v) is 7.24. The summed E-state index contributed by atoms with van der Waals surface area (Å²) < 4.78 is 3.29. The maximum Gasteiger partial charge on any atom is 0.235 e. The highest BCUT2D eigenvalue weighted by Gasteiger charge is 2.31. The summed E-state index contributed by atoms with van der Waals surface area (Å²) >= 11 is 1.66. The Morgan fingerprint density at radius 2 is 2.17 bits per heavy atom. The molecule has 1 amide bonds. The molecule has 9 heteroatoms. The van der Waals surface area contributed by atoms with Gasteiger partial charge in [-0.3, -0.25) is 4.79 Å². The van der Waals surface area contributed by atoms with Crippen LogP contribution in [0.3, 0.4) is 0 Å². The van der Waals surface area contributed by atoms with Crippen LogP contribution in [0.4, 0.5) is 5.82 Å². The van der Waals surface area contributed by atoms with E-state index < -0.39 is 0 Å². The van der Waals surface area contributed by atoms with Gasteiger partial charge in [0.15, 0.2) is 11.5 Å². The summed E-state index contributed by atoms with van der Waals surface area (Å²) in [6, 6.07) is 3.65. The number of fused-ring (bicyclic) bond motifs is 2. The molecule has 0 bridgehead atoms. The monoisotopic (exact) mass is 343 g/mol. The lowest BCUT2D eigenvalue weighted by Gasteiger charge is -2.18. The van der Waals surface area contributed by atoms with Crippen molar-refractivity contribution in [2.24, 2.45) is 5.92 Å². The van der Waals surface area contributed by atoms with Crippen molar-refractivity contribution < 1.29 is 4.79 Å². The summed E-state index contributed by atoms with van der Waals surface area (Å²) in [5.74, 6) is 2.14. The highest BCUT2D eigenvalue weighted by atomic mass is 32.2. The third-order valence-corrected chi connectivity index (χ3v) is 5.58. The van der Waals surface area contributed by atoms with Crippen molar-refractivity contribution >= 4 is 29.1 Å². The van der Waals surface area contributed by atoms with Crippen LogP contribution in [0.2, 0.25) is 0 Å². The van der Waals surface area contributed by atoms with E-state index in [0.717, 1.165) is 11.3 Å². The predicted octanol–water partition coefficient (Wildman–Crippen LogP) is 2.00. The molecule has 0 aliphatic carbocycles. The molecule has 124 valence electrons. The Bertz CT molecular complexity index is 929. The van der Waals surface area contributed by atoms with E-state index in [-0.39, 0.29) is 11.2 Å². The van der Waals surface area contributed by atoms with Crippen LogP contribution in [0, 0.1) is 12.8 Å². The molecule has 3 aromatic rings. The maximum atomic E-state index is 12.2. The van der Waals surface area contributed by atoms with Gasteiger partial charge in [-0.1, -0.05) is 13.8 Å². The van der Waals surface area contributed by atoms with Gasteiger partial charge in [0.25, 0.3) is 0 Å². The van der Waals surface area contributed by atoms with Gasteiger partial charge in [-0.05, 0) is 25.0 Å². The summed E-state index contributed by atoms with van der Waals surface area (Å²) in [6.45, 7) is 6.30. The fraction of sp³-hybridized carbons (Fsp3) is 0.400. The van der Waals surface area contributed by atoms with E-state index in [1.807, 2.05) is 19.1 Å². The Balaban J connectivity index is 1.91. The van der Waals surface area contributed by atoms with E-state index in [9.17, 15) is 4.79 Å². The molecule has 8 nitrogen and oxygen atoms in total. The number of carbonyl (C=O) groups is 1. The molecule has 0 radical (unpaired) electrons. The Labute approximate surface area is 142 Å². The third kappa shape index (κ3) is 2.35. The number of rotatable bonds is 2. The van der Waals surface area contributed by atoms with Crippen molar-refractivity contribution in [3.8, 4) is 5.82 Å². The summed E-state index contributed by atoms with van der Waals surface area (Å²) in [6.07, 6.45) is 1.54. The van der Waals surface area contributed by atoms with E-state index in [4.69, 9.17) is 0 Å². The highest BCUT2D eigenvalue weighted by Crippen LogP contribution is 2.43. The molecule has 0 saturated carbocycles. The first-order chi connectivity index (χ1) is 11.5. The van der Waals surface area contributed by atoms with Gasteiger partial charge in [0.05, 0.1) is 11.4 Å². The van der Waals surface area contributed by atoms with Crippen LogP contribution >= 0.6 is 11.8 Å². The number of carbonyl (C=O) groups excluding carboxylic acids is 1. The third-order valence-electron chi connectivity index (χ3n) is 4.01. The molecule has 0 aromatic carbocycles. The average molecular weight is 343 g/mol. The minimum absolute atomic E-state index is 0.0177. The van der Waals surface area contributed by atoms with Crippen LogP contribution in [0.5, 0.6) is 0 Å². The Morgan fingerprint density at radius 1 is 1.33 bits per heavy atom. The lowest BCUT2D eigenvalue weighted by atomic mass is 10.0. The standard InChI is InChI=1S/C15H17N7OS/c1-8(2)14-13-9(3)19-22(15(13)17-12(23)6-24-14)11-5-4-10-18-16-7-21(10)20-11/h4-5,7-8,14H,6H2,1-3H3,(H,17,23). The summed E-state index contributed by atoms with van der Waals surface area (Å²) in [5.41, 5.74) is 2.64. The first-order valence-corrected chi connectivity index (χ1v) is 8.78. The molecule has 0 spiro atoms. The lowest BCUT2D eigenvalue weighted by Crippen LogP contribution is -2.16. The van der Waals surface area contributed by atoms with Gasteiger partial charge < -0.3 is 5.32 Å².